The van der Waals surface area contributed by atoms with Crippen LogP contribution in [0.15, 0.2) is 71.2 Å². The van der Waals surface area contributed by atoms with Crippen LogP contribution >= 0.6 is 23.1 Å². The molecule has 0 spiro atoms. The molecule has 0 bridgehead atoms. The van der Waals surface area contributed by atoms with Gasteiger partial charge < -0.3 is 5.32 Å². The van der Waals surface area contributed by atoms with Crippen molar-refractivity contribution in [3.05, 3.63) is 87.5 Å². The molecule has 0 aliphatic heterocycles. The van der Waals surface area contributed by atoms with Gasteiger partial charge in [0.1, 0.15) is 5.82 Å². The third kappa shape index (κ3) is 5.01. The number of carbonyl (C=O) groups excluding carboxylic acids is 1. The van der Waals surface area contributed by atoms with Crippen molar-refractivity contribution in [1.29, 1.82) is 0 Å². The molecule has 0 aliphatic rings. The van der Waals surface area contributed by atoms with Crippen LogP contribution in [0.5, 0.6) is 0 Å². The summed E-state index contributed by atoms with van der Waals surface area (Å²) in [5, 5.41) is 24.3. The summed E-state index contributed by atoms with van der Waals surface area (Å²) in [7, 11) is 0. The van der Waals surface area contributed by atoms with Crippen LogP contribution in [0.1, 0.15) is 5.56 Å². The van der Waals surface area contributed by atoms with E-state index in [2.05, 4.69) is 15.5 Å². The van der Waals surface area contributed by atoms with Crippen molar-refractivity contribution >= 4 is 40.4 Å². The minimum absolute atomic E-state index is 0.0699. The zero-order valence-electron chi connectivity index (χ0n) is 16.5. The lowest BCUT2D eigenvalue weighted by Gasteiger charge is -2.10. The number of hydrogen-bond acceptors (Lipinski definition) is 7. The third-order valence-corrected chi connectivity index (χ3v) is 6.24. The zero-order chi connectivity index (χ0) is 22.5. The first kappa shape index (κ1) is 21.7. The first-order chi connectivity index (χ1) is 15.5. The highest BCUT2D eigenvalue weighted by molar-refractivity contribution is 7.99. The number of halogens is 1. The summed E-state index contributed by atoms with van der Waals surface area (Å²) in [4.78, 5) is 23.6. The van der Waals surface area contributed by atoms with E-state index in [1.807, 2.05) is 52.4 Å². The zero-order valence-corrected chi connectivity index (χ0v) is 18.1. The molecule has 0 saturated carbocycles. The second-order valence-electron chi connectivity index (χ2n) is 6.61. The van der Waals surface area contributed by atoms with E-state index in [4.69, 9.17) is 0 Å². The van der Waals surface area contributed by atoms with E-state index in [1.54, 1.807) is 0 Å². The normalized spacial score (nSPS) is 10.8. The van der Waals surface area contributed by atoms with Crippen LogP contribution in [0.2, 0.25) is 0 Å². The number of anilines is 1. The highest BCUT2D eigenvalue weighted by Crippen LogP contribution is 2.28. The van der Waals surface area contributed by atoms with Gasteiger partial charge in [0, 0.05) is 12.1 Å². The number of amides is 1. The van der Waals surface area contributed by atoms with Gasteiger partial charge in [0.25, 0.3) is 5.69 Å². The molecule has 0 saturated heterocycles. The molecular formula is C21H16FN5O3S2. The lowest BCUT2D eigenvalue weighted by Crippen LogP contribution is -2.16. The van der Waals surface area contributed by atoms with E-state index < -0.39 is 16.6 Å². The number of non-ortho nitro benzene ring substituents is 1. The van der Waals surface area contributed by atoms with Gasteiger partial charge in [0.15, 0.2) is 11.0 Å². The van der Waals surface area contributed by atoms with Crippen LogP contribution < -0.4 is 5.32 Å². The fraction of sp³-hybridized carbons (Fsp3) is 0.0952. The molecule has 8 nitrogen and oxygen atoms in total. The summed E-state index contributed by atoms with van der Waals surface area (Å²) in [6.07, 6.45) is 0. The van der Waals surface area contributed by atoms with E-state index in [-0.39, 0.29) is 17.1 Å². The van der Waals surface area contributed by atoms with E-state index in [9.17, 15) is 19.3 Å². The van der Waals surface area contributed by atoms with Gasteiger partial charge in [-0.1, -0.05) is 48.2 Å². The highest BCUT2D eigenvalue weighted by atomic mass is 32.2. The van der Waals surface area contributed by atoms with Crippen molar-refractivity contribution in [1.82, 2.24) is 14.8 Å². The number of rotatable bonds is 8. The monoisotopic (exact) mass is 469 g/mol. The Morgan fingerprint density at radius 3 is 2.69 bits per heavy atom. The Bertz CT molecular complexity index is 1250. The number of nitrogens with one attached hydrogen (secondary N) is 1. The molecule has 4 aromatic rings. The number of nitro groups is 1. The smallest absolute Gasteiger partial charge is 0.271 e. The Morgan fingerprint density at radius 1 is 1.16 bits per heavy atom. The van der Waals surface area contributed by atoms with Gasteiger partial charge in [-0.15, -0.1) is 21.5 Å². The first-order valence-electron chi connectivity index (χ1n) is 9.39. The van der Waals surface area contributed by atoms with Crippen molar-refractivity contribution in [2.45, 2.75) is 11.7 Å². The maximum Gasteiger partial charge on any atom is 0.271 e. The van der Waals surface area contributed by atoms with Crippen LogP contribution in [0, 0.1) is 15.9 Å². The van der Waals surface area contributed by atoms with Crippen molar-refractivity contribution in [3.63, 3.8) is 0 Å². The van der Waals surface area contributed by atoms with Gasteiger partial charge >= 0.3 is 0 Å². The van der Waals surface area contributed by atoms with Crippen molar-refractivity contribution in [2.24, 2.45) is 0 Å². The second kappa shape index (κ2) is 9.71. The van der Waals surface area contributed by atoms with Crippen LogP contribution in [-0.2, 0) is 11.3 Å². The number of carbonyl (C=O) groups is 1. The number of thioether (sulfide) groups is 1. The van der Waals surface area contributed by atoms with E-state index >= 15 is 0 Å². The summed E-state index contributed by atoms with van der Waals surface area (Å²) in [6.45, 7) is 0.518. The largest absolute Gasteiger partial charge is 0.323 e. The number of aromatic nitrogens is 3. The molecule has 2 heterocycles. The number of thiophene rings is 1. The average Bonchev–Trinajstić information content (AvgIpc) is 3.44. The van der Waals surface area contributed by atoms with Gasteiger partial charge in [-0.05, 0) is 23.1 Å². The molecule has 2 aromatic carbocycles. The minimum Gasteiger partial charge on any atom is -0.323 e. The molecule has 11 heteroatoms. The summed E-state index contributed by atoms with van der Waals surface area (Å²) in [6, 6.07) is 16.7. The van der Waals surface area contributed by atoms with E-state index in [0.29, 0.717) is 17.5 Å². The Hall–Kier alpha value is -3.57. The lowest BCUT2D eigenvalue weighted by molar-refractivity contribution is -0.384. The summed E-state index contributed by atoms with van der Waals surface area (Å²) < 4.78 is 15.9. The van der Waals surface area contributed by atoms with Gasteiger partial charge in [-0.25, -0.2) is 4.39 Å². The lowest BCUT2D eigenvalue weighted by atomic mass is 10.2. The molecule has 162 valence electrons. The van der Waals surface area contributed by atoms with Crippen molar-refractivity contribution < 1.29 is 14.1 Å². The Labute approximate surface area is 190 Å². The fourth-order valence-electron chi connectivity index (χ4n) is 2.93. The summed E-state index contributed by atoms with van der Waals surface area (Å²) >= 11 is 2.69. The average molecular weight is 470 g/mol. The molecule has 0 aliphatic carbocycles. The number of benzene rings is 2. The Kier molecular flexibility index (Phi) is 6.57. The van der Waals surface area contributed by atoms with Crippen LogP contribution in [0.3, 0.4) is 0 Å². The van der Waals surface area contributed by atoms with Gasteiger partial charge in [-0.2, -0.15) is 0 Å². The predicted molar refractivity (Wildman–Crippen MR) is 121 cm³/mol. The van der Waals surface area contributed by atoms with Crippen molar-refractivity contribution in [3.8, 4) is 10.7 Å². The van der Waals surface area contributed by atoms with Gasteiger partial charge in [-0.3, -0.25) is 19.5 Å². The molecular weight excluding hydrogens is 453 g/mol. The SMILES string of the molecule is O=C(CSc1nnc(-c2cccs2)n1Cc1ccccc1)Nc1cc([N+](=O)[O-])ccc1F. The molecule has 1 N–H and O–H groups in total. The van der Waals surface area contributed by atoms with Gasteiger partial charge in [0.2, 0.25) is 5.91 Å². The summed E-state index contributed by atoms with van der Waals surface area (Å²) in [5.74, 6) is -0.640. The second-order valence-corrected chi connectivity index (χ2v) is 8.50. The molecule has 0 fully saturated rings. The quantitative estimate of drug-likeness (QED) is 0.225. The molecule has 0 unspecified atom stereocenters. The van der Waals surface area contributed by atoms with E-state index in [0.717, 1.165) is 40.4 Å². The number of hydrogen-bond donors (Lipinski definition) is 1. The summed E-state index contributed by atoms with van der Waals surface area (Å²) in [5.41, 5.74) is 0.502. The Balaban J connectivity index is 1.51. The Morgan fingerprint density at radius 2 is 1.97 bits per heavy atom. The van der Waals surface area contributed by atoms with Crippen LogP contribution in [0.4, 0.5) is 15.8 Å². The third-order valence-electron chi connectivity index (χ3n) is 4.41. The van der Waals surface area contributed by atoms with Crippen LogP contribution in [0.25, 0.3) is 10.7 Å². The molecule has 4 rings (SSSR count). The van der Waals surface area contributed by atoms with E-state index in [1.165, 1.54) is 11.3 Å². The molecule has 0 radical (unpaired) electrons. The maximum absolute atomic E-state index is 14.0. The van der Waals surface area contributed by atoms with Gasteiger partial charge in [0.05, 0.1) is 27.8 Å². The number of nitro benzene ring substituents is 1. The van der Waals surface area contributed by atoms with Crippen LogP contribution in [-0.4, -0.2) is 31.3 Å². The predicted octanol–water partition coefficient (Wildman–Crippen LogP) is 4.83. The maximum atomic E-state index is 14.0. The molecule has 2 aromatic heterocycles. The molecule has 32 heavy (non-hydrogen) atoms. The molecule has 0 atom stereocenters. The minimum atomic E-state index is -0.749. The number of nitrogens with zero attached hydrogens (tertiary/aromatic N) is 4. The fourth-order valence-corrected chi connectivity index (χ4v) is 4.39. The topological polar surface area (TPSA) is 103 Å². The van der Waals surface area contributed by atoms with Crippen molar-refractivity contribution in [2.75, 3.05) is 11.1 Å². The molecule has 1 amide bonds. The first-order valence-corrected chi connectivity index (χ1v) is 11.3. The standard InChI is InChI=1S/C21H16FN5O3S2/c22-16-9-8-15(27(29)30)11-17(16)23-19(28)13-32-21-25-24-20(18-7-4-10-31-18)26(21)12-14-5-2-1-3-6-14/h1-11H,12-13H2,(H,23,28). The highest BCUT2D eigenvalue weighted by Gasteiger charge is 2.18.